The minimum absolute atomic E-state index is 0.214. The summed E-state index contributed by atoms with van der Waals surface area (Å²) in [5.74, 6) is -0.694. The van der Waals surface area contributed by atoms with Gasteiger partial charge in [0.25, 0.3) is 0 Å². The summed E-state index contributed by atoms with van der Waals surface area (Å²) in [5.41, 5.74) is 1.69. The van der Waals surface area contributed by atoms with E-state index < -0.39 is 33.9 Å². The molecule has 1 heterocycles. The van der Waals surface area contributed by atoms with Crippen LogP contribution >= 0.6 is 0 Å². The van der Waals surface area contributed by atoms with Crippen molar-refractivity contribution in [1.82, 2.24) is 4.98 Å². The second-order valence-electron chi connectivity index (χ2n) is 4.99. The van der Waals surface area contributed by atoms with Crippen molar-refractivity contribution in [3.05, 3.63) is 28.1 Å². The molecule has 0 fully saturated rings. The monoisotopic (exact) mass is 306 g/mol. The zero-order chi connectivity index (χ0) is 16.4. The number of carbonyl (C=O) groups excluding carboxylic acids is 1. The molecule has 1 aromatic rings. The molecule has 0 aliphatic rings. The first-order chi connectivity index (χ1) is 9.42. The van der Waals surface area contributed by atoms with Crippen LogP contribution in [0.15, 0.2) is 12.3 Å². The fraction of sp³-hybridized carbons (Fsp3) is 0.455. The minimum Gasteiger partial charge on any atom is -0.374 e. The molecule has 21 heavy (non-hydrogen) atoms. The number of alkyl halides is 3. The molecular formula is C11H13F3N4O3. The predicted molar refractivity (Wildman–Crippen MR) is 67.4 cm³/mol. The number of anilines is 1. The average Bonchev–Trinajstić information content (AvgIpc) is 2.24. The normalized spacial score (nSPS) is 12.0. The van der Waals surface area contributed by atoms with E-state index in [2.05, 4.69) is 10.3 Å². The average molecular weight is 306 g/mol. The van der Waals surface area contributed by atoms with Gasteiger partial charge in [-0.05, 0) is 19.9 Å². The first kappa shape index (κ1) is 16.7. The molecular weight excluding hydrogens is 293 g/mol. The van der Waals surface area contributed by atoms with E-state index in [0.29, 0.717) is 12.3 Å². The number of hydrogen-bond donors (Lipinski definition) is 2. The predicted octanol–water partition coefficient (Wildman–Crippen LogP) is 2.07. The lowest BCUT2D eigenvalue weighted by molar-refractivity contribution is -0.384. The molecule has 1 aromatic heterocycles. The summed E-state index contributed by atoms with van der Waals surface area (Å²) in [7, 11) is 0. The van der Waals surface area contributed by atoms with Gasteiger partial charge in [-0.2, -0.15) is 13.2 Å². The molecule has 0 radical (unpaired) electrons. The SMILES string of the molecule is CC(C)(CC(N)=O)Nc1cc(C(F)(F)F)ncc1[N+](=O)[O-]. The Kier molecular flexibility index (Phi) is 4.40. The number of amides is 1. The molecule has 1 amide bonds. The third-order valence-corrected chi connectivity index (χ3v) is 2.46. The van der Waals surface area contributed by atoms with Gasteiger partial charge in [-0.3, -0.25) is 14.9 Å². The molecule has 0 spiro atoms. The Hall–Kier alpha value is -2.39. The highest BCUT2D eigenvalue weighted by molar-refractivity contribution is 5.76. The Balaban J connectivity index is 3.24. The van der Waals surface area contributed by atoms with E-state index in [1.54, 1.807) is 0 Å². The maximum absolute atomic E-state index is 12.6. The summed E-state index contributed by atoms with van der Waals surface area (Å²) in [5, 5.41) is 13.4. The quantitative estimate of drug-likeness (QED) is 0.639. The van der Waals surface area contributed by atoms with Crippen molar-refractivity contribution in [3.63, 3.8) is 0 Å². The summed E-state index contributed by atoms with van der Waals surface area (Å²) in [6.07, 6.45) is -4.43. The fourth-order valence-electron chi connectivity index (χ4n) is 1.69. The van der Waals surface area contributed by atoms with E-state index in [9.17, 15) is 28.1 Å². The maximum atomic E-state index is 12.6. The van der Waals surface area contributed by atoms with E-state index >= 15 is 0 Å². The molecule has 3 N–H and O–H groups in total. The van der Waals surface area contributed by atoms with Crippen molar-refractivity contribution >= 4 is 17.3 Å². The van der Waals surface area contributed by atoms with Crippen LogP contribution in [0.5, 0.6) is 0 Å². The molecule has 7 nitrogen and oxygen atoms in total. The molecule has 1 rings (SSSR count). The van der Waals surface area contributed by atoms with Crippen molar-refractivity contribution in [2.45, 2.75) is 32.0 Å². The summed E-state index contributed by atoms with van der Waals surface area (Å²) in [6, 6.07) is 0.529. The van der Waals surface area contributed by atoms with Crippen LogP contribution in [-0.4, -0.2) is 21.4 Å². The largest absolute Gasteiger partial charge is 0.433 e. The van der Waals surface area contributed by atoms with E-state index in [4.69, 9.17) is 5.73 Å². The Morgan fingerprint density at radius 1 is 1.48 bits per heavy atom. The van der Waals surface area contributed by atoms with Crippen molar-refractivity contribution in [2.75, 3.05) is 5.32 Å². The number of nitro groups is 1. The zero-order valence-electron chi connectivity index (χ0n) is 11.2. The van der Waals surface area contributed by atoms with Crippen LogP contribution < -0.4 is 11.1 Å². The van der Waals surface area contributed by atoms with Gasteiger partial charge >= 0.3 is 11.9 Å². The van der Waals surface area contributed by atoms with Gasteiger partial charge in [0, 0.05) is 12.0 Å². The van der Waals surface area contributed by atoms with Gasteiger partial charge in [-0.1, -0.05) is 0 Å². The van der Waals surface area contributed by atoms with Crippen molar-refractivity contribution < 1.29 is 22.9 Å². The van der Waals surface area contributed by atoms with Gasteiger partial charge in [-0.15, -0.1) is 0 Å². The van der Waals surface area contributed by atoms with Gasteiger partial charge in [0.1, 0.15) is 17.6 Å². The fourth-order valence-corrected chi connectivity index (χ4v) is 1.69. The highest BCUT2D eigenvalue weighted by Gasteiger charge is 2.35. The number of hydrogen-bond acceptors (Lipinski definition) is 5. The third kappa shape index (κ3) is 4.58. The summed E-state index contributed by atoms with van der Waals surface area (Å²) < 4.78 is 37.8. The molecule has 0 saturated heterocycles. The first-order valence-electron chi connectivity index (χ1n) is 5.70. The van der Waals surface area contributed by atoms with Gasteiger partial charge < -0.3 is 11.1 Å². The second-order valence-corrected chi connectivity index (χ2v) is 4.99. The molecule has 10 heteroatoms. The Bertz CT molecular complexity index is 572. The van der Waals surface area contributed by atoms with E-state index in [-0.39, 0.29) is 12.1 Å². The van der Waals surface area contributed by atoms with Crippen molar-refractivity contribution in [2.24, 2.45) is 5.73 Å². The molecule has 0 aromatic carbocycles. The second kappa shape index (κ2) is 5.54. The lowest BCUT2D eigenvalue weighted by Gasteiger charge is -2.26. The Labute approximate surface area is 117 Å². The van der Waals surface area contributed by atoms with Gasteiger partial charge in [0.05, 0.1) is 4.92 Å². The molecule has 0 unspecified atom stereocenters. The topological polar surface area (TPSA) is 111 Å². The Morgan fingerprint density at radius 3 is 2.48 bits per heavy atom. The molecule has 0 aliphatic heterocycles. The van der Waals surface area contributed by atoms with Gasteiger partial charge in [0.2, 0.25) is 5.91 Å². The van der Waals surface area contributed by atoms with Crippen LogP contribution in [0.25, 0.3) is 0 Å². The van der Waals surface area contributed by atoms with Crippen LogP contribution in [0, 0.1) is 10.1 Å². The summed E-state index contributed by atoms with van der Waals surface area (Å²) in [4.78, 5) is 23.9. The summed E-state index contributed by atoms with van der Waals surface area (Å²) >= 11 is 0. The minimum atomic E-state index is -4.74. The van der Waals surface area contributed by atoms with Crippen molar-refractivity contribution in [1.29, 1.82) is 0 Å². The highest BCUT2D eigenvalue weighted by Crippen LogP contribution is 2.34. The molecule has 116 valence electrons. The van der Waals surface area contributed by atoms with E-state index in [1.807, 2.05) is 0 Å². The number of pyridine rings is 1. The number of aromatic nitrogens is 1. The first-order valence-corrected chi connectivity index (χ1v) is 5.70. The number of halogens is 3. The van der Waals surface area contributed by atoms with Crippen LogP contribution in [-0.2, 0) is 11.0 Å². The number of nitrogens with zero attached hydrogens (tertiary/aromatic N) is 2. The number of rotatable bonds is 5. The van der Waals surface area contributed by atoms with Crippen LogP contribution in [0.3, 0.4) is 0 Å². The Morgan fingerprint density at radius 2 is 2.05 bits per heavy atom. The number of carbonyl (C=O) groups is 1. The van der Waals surface area contributed by atoms with E-state index in [1.165, 1.54) is 13.8 Å². The van der Waals surface area contributed by atoms with Crippen molar-refractivity contribution in [3.8, 4) is 0 Å². The van der Waals surface area contributed by atoms with E-state index in [0.717, 1.165) is 0 Å². The lowest BCUT2D eigenvalue weighted by atomic mass is 9.99. The molecule has 0 aliphatic carbocycles. The van der Waals surface area contributed by atoms with Gasteiger partial charge in [0.15, 0.2) is 0 Å². The molecule has 0 saturated carbocycles. The number of primary amides is 1. The van der Waals surface area contributed by atoms with Crippen LogP contribution in [0.4, 0.5) is 24.5 Å². The van der Waals surface area contributed by atoms with Crippen LogP contribution in [0.1, 0.15) is 26.0 Å². The maximum Gasteiger partial charge on any atom is 0.433 e. The van der Waals surface area contributed by atoms with Crippen LogP contribution in [0.2, 0.25) is 0 Å². The molecule has 0 atom stereocenters. The lowest BCUT2D eigenvalue weighted by Crippen LogP contribution is -2.36. The number of nitrogens with two attached hydrogens (primary N) is 1. The smallest absolute Gasteiger partial charge is 0.374 e. The third-order valence-electron chi connectivity index (χ3n) is 2.46. The number of nitrogens with one attached hydrogen (secondary N) is 1. The highest BCUT2D eigenvalue weighted by atomic mass is 19.4. The standard InChI is InChI=1S/C11H13F3N4O3/c1-10(2,4-9(15)19)17-6-3-8(11(12,13)14)16-5-7(6)18(20)21/h3,5H,4H2,1-2H3,(H2,15,19)(H,16,17). The van der Waals surface area contributed by atoms with Gasteiger partial charge in [-0.25, -0.2) is 4.98 Å². The summed E-state index contributed by atoms with van der Waals surface area (Å²) in [6.45, 7) is 2.96. The zero-order valence-corrected chi connectivity index (χ0v) is 11.2. The molecule has 0 bridgehead atoms.